The van der Waals surface area contributed by atoms with Crippen LogP contribution in [-0.4, -0.2) is 32.9 Å². The highest BCUT2D eigenvalue weighted by molar-refractivity contribution is 6.02. The monoisotopic (exact) mass is 912 g/mol. The molecule has 0 aliphatic heterocycles. The van der Waals surface area contributed by atoms with Gasteiger partial charge in [-0.1, -0.05) is 114 Å². The van der Waals surface area contributed by atoms with E-state index in [4.69, 9.17) is 14.2 Å². The maximum Gasteiger partial charge on any atom is 0.343 e. The second-order valence-corrected chi connectivity index (χ2v) is 16.8. The lowest BCUT2D eigenvalue weighted by atomic mass is 9.97. The Hall–Kier alpha value is -8.79. The molecule has 0 amide bonds. The molecule has 0 N–H and O–H groups in total. The molecule has 0 bridgehead atoms. The van der Waals surface area contributed by atoms with Gasteiger partial charge in [-0.2, -0.15) is 15.8 Å². The second kappa shape index (κ2) is 21.7. The molecule has 69 heavy (non-hydrogen) atoms. The number of esters is 3. The number of benzene rings is 4. The van der Waals surface area contributed by atoms with E-state index in [-0.39, 0.29) is 50.6 Å². The highest BCUT2D eigenvalue weighted by Crippen LogP contribution is 2.31. The summed E-state index contributed by atoms with van der Waals surface area (Å²) in [5, 5.41) is 30.4. The van der Waals surface area contributed by atoms with E-state index in [1.54, 1.807) is 0 Å². The van der Waals surface area contributed by atoms with Crippen LogP contribution in [0.25, 0.3) is 33.8 Å². The number of carbonyl (C=O) groups excluding carboxylic acids is 3. The third-order valence-corrected chi connectivity index (χ3v) is 12.4. The highest BCUT2D eigenvalue weighted by atomic mass is 16.5. The zero-order chi connectivity index (χ0) is 49.2. The van der Waals surface area contributed by atoms with Gasteiger partial charge in [-0.15, -0.1) is 0 Å². The third-order valence-electron chi connectivity index (χ3n) is 12.4. The summed E-state index contributed by atoms with van der Waals surface area (Å²) in [6, 6.07) is 37.6. The number of hydrogen-bond acceptors (Lipinski definition) is 12. The van der Waals surface area contributed by atoms with Crippen LogP contribution < -0.4 is 14.2 Å². The van der Waals surface area contributed by atoms with Crippen LogP contribution in [0, 0.1) is 34.0 Å². The fraction of sp³-hybridized carbons (Fsp3) is 0.211. The van der Waals surface area contributed by atoms with E-state index in [0.717, 1.165) is 54.2 Å². The summed E-state index contributed by atoms with van der Waals surface area (Å²) in [7, 11) is 0. The van der Waals surface area contributed by atoms with Crippen LogP contribution in [0.5, 0.6) is 17.2 Å². The van der Waals surface area contributed by atoms with Gasteiger partial charge in [0.15, 0.2) is 17.2 Å². The van der Waals surface area contributed by atoms with Crippen molar-refractivity contribution in [2.45, 2.75) is 78.6 Å². The van der Waals surface area contributed by atoms with Crippen LogP contribution >= 0.6 is 0 Å². The van der Waals surface area contributed by atoms with E-state index >= 15 is 0 Å². The summed E-state index contributed by atoms with van der Waals surface area (Å²) in [5.74, 6) is -2.54. The van der Waals surface area contributed by atoms with Crippen molar-refractivity contribution in [2.75, 3.05) is 0 Å². The van der Waals surface area contributed by atoms with Crippen molar-refractivity contribution in [3.63, 3.8) is 0 Å². The van der Waals surface area contributed by atoms with Gasteiger partial charge in [0.2, 0.25) is 0 Å². The lowest BCUT2D eigenvalue weighted by Crippen LogP contribution is -2.17. The molecule has 7 rings (SSSR count). The van der Waals surface area contributed by atoms with E-state index in [0.29, 0.717) is 34.8 Å². The standard InChI is InChI=1S/C57H48N6O6/c1-7-34(4)37-10-16-40(17-11-37)49-25-46(28-58)52(31-61-49)67-55(64)43-22-44(56(65)68-53-32-62-50(26-47(53)29-59)41-18-12-38(13-19-41)35(5)8-2)24-45(23-43)57(66)69-54-33-63-51(27-48(54)30-60)42-20-14-39(15-21-42)36(6)9-3/h10-27,31-36H,7-9H2,1-6H3. The molecule has 12 heteroatoms. The minimum Gasteiger partial charge on any atom is -0.420 e. The number of nitrogens with zero attached hydrogens (tertiary/aromatic N) is 6. The topological polar surface area (TPSA) is 189 Å². The molecule has 0 fully saturated rings. The van der Waals surface area contributed by atoms with E-state index in [1.165, 1.54) is 53.5 Å². The fourth-order valence-corrected chi connectivity index (χ4v) is 7.42. The van der Waals surface area contributed by atoms with Crippen LogP contribution in [0.4, 0.5) is 0 Å². The molecule has 3 heterocycles. The predicted molar refractivity (Wildman–Crippen MR) is 261 cm³/mol. The van der Waals surface area contributed by atoms with Gasteiger partial charge >= 0.3 is 17.9 Å². The molecule has 342 valence electrons. The molecule has 0 aliphatic rings. The Labute approximate surface area is 401 Å². The Bertz CT molecular complexity index is 2830. The molecule has 12 nitrogen and oxygen atoms in total. The predicted octanol–water partition coefficient (Wildman–Crippen LogP) is 12.7. The molecule has 0 spiro atoms. The zero-order valence-corrected chi connectivity index (χ0v) is 39.1. The summed E-state index contributed by atoms with van der Waals surface area (Å²) >= 11 is 0. The van der Waals surface area contributed by atoms with E-state index in [1.807, 2.05) is 72.8 Å². The molecule has 3 aromatic heterocycles. The first-order chi connectivity index (χ1) is 33.4. The number of carbonyl (C=O) groups is 3. The number of ether oxygens (including phenoxy) is 3. The molecule has 0 aliphatic carbocycles. The highest BCUT2D eigenvalue weighted by Gasteiger charge is 2.24. The Morgan fingerprint density at radius 3 is 0.899 bits per heavy atom. The molecule has 0 saturated carbocycles. The lowest BCUT2D eigenvalue weighted by molar-refractivity contribution is 0.0733. The van der Waals surface area contributed by atoms with Crippen LogP contribution in [-0.2, 0) is 0 Å². The van der Waals surface area contributed by atoms with E-state index in [2.05, 4.69) is 74.7 Å². The first kappa shape index (κ1) is 48.2. The quantitative estimate of drug-likeness (QED) is 0.0886. The molecule has 7 aromatic rings. The maximum absolute atomic E-state index is 14.0. The van der Waals surface area contributed by atoms with E-state index in [9.17, 15) is 30.2 Å². The largest absolute Gasteiger partial charge is 0.420 e. The molecule has 3 atom stereocenters. The summed E-state index contributed by atoms with van der Waals surface area (Å²) in [5.41, 5.74) is 6.34. The fourth-order valence-electron chi connectivity index (χ4n) is 7.42. The summed E-state index contributed by atoms with van der Waals surface area (Å²) in [6.45, 7) is 12.8. The molecular formula is C57H48N6O6. The third kappa shape index (κ3) is 11.1. The molecule has 0 saturated heterocycles. The van der Waals surface area contributed by atoms with Crippen LogP contribution in [0.15, 0.2) is 128 Å². The first-order valence-electron chi connectivity index (χ1n) is 22.7. The molecule has 0 radical (unpaired) electrons. The van der Waals surface area contributed by atoms with Gasteiger partial charge in [-0.05, 0) is 90.1 Å². The van der Waals surface area contributed by atoms with Crippen LogP contribution in [0.2, 0.25) is 0 Å². The summed E-state index contributed by atoms with van der Waals surface area (Å²) in [6.07, 6.45) is 6.69. The van der Waals surface area contributed by atoms with Crippen molar-refractivity contribution >= 4 is 17.9 Å². The zero-order valence-electron chi connectivity index (χ0n) is 39.1. The number of nitriles is 3. The molecular weight excluding hydrogens is 865 g/mol. The normalized spacial score (nSPS) is 12.0. The van der Waals surface area contributed by atoms with Crippen LogP contribution in [0.1, 0.15) is 143 Å². The van der Waals surface area contributed by atoms with Gasteiger partial charge in [0.25, 0.3) is 0 Å². The molecule has 3 unspecified atom stereocenters. The van der Waals surface area contributed by atoms with E-state index < -0.39 is 17.9 Å². The molecule has 4 aromatic carbocycles. The van der Waals surface area contributed by atoms with Gasteiger partial charge in [-0.25, -0.2) is 14.4 Å². The minimum absolute atomic E-state index is 0.00688. The maximum atomic E-state index is 14.0. The van der Waals surface area contributed by atoms with Gasteiger partial charge < -0.3 is 14.2 Å². The Morgan fingerprint density at radius 1 is 0.435 bits per heavy atom. The van der Waals surface area contributed by atoms with Crippen molar-refractivity contribution in [3.8, 4) is 69.2 Å². The van der Waals surface area contributed by atoms with Crippen molar-refractivity contribution < 1.29 is 28.6 Å². The smallest absolute Gasteiger partial charge is 0.343 e. The Balaban J connectivity index is 1.19. The van der Waals surface area contributed by atoms with Gasteiger partial charge in [-0.3, -0.25) is 15.0 Å². The van der Waals surface area contributed by atoms with Gasteiger partial charge in [0, 0.05) is 16.7 Å². The average molecular weight is 913 g/mol. The van der Waals surface area contributed by atoms with Crippen LogP contribution in [0.3, 0.4) is 0 Å². The summed E-state index contributed by atoms with van der Waals surface area (Å²) in [4.78, 5) is 55.2. The Kier molecular flexibility index (Phi) is 15.1. The second-order valence-electron chi connectivity index (χ2n) is 16.8. The number of hydrogen-bond donors (Lipinski definition) is 0. The van der Waals surface area contributed by atoms with Crippen molar-refractivity contribution in [2.24, 2.45) is 0 Å². The minimum atomic E-state index is -1.05. The average Bonchev–Trinajstić information content (AvgIpc) is 3.40. The summed E-state index contributed by atoms with van der Waals surface area (Å²) < 4.78 is 17.1. The van der Waals surface area contributed by atoms with Gasteiger partial charge in [0.1, 0.15) is 18.2 Å². The number of rotatable bonds is 15. The number of aromatic nitrogens is 3. The van der Waals surface area contributed by atoms with Crippen molar-refractivity contribution in [1.29, 1.82) is 15.8 Å². The Morgan fingerprint density at radius 2 is 0.681 bits per heavy atom. The SMILES string of the molecule is CCC(C)c1ccc(-c2cc(C#N)c(OC(=O)c3cc(C(=O)Oc4cnc(-c5ccc(C(C)CC)cc5)cc4C#N)cc(C(=O)Oc4cnc(-c5ccc(C(C)CC)cc5)cc4C#N)c3)cn2)cc1. The number of pyridine rings is 3. The van der Waals surface area contributed by atoms with Crippen molar-refractivity contribution in [1.82, 2.24) is 15.0 Å². The lowest BCUT2D eigenvalue weighted by Gasteiger charge is -2.13. The first-order valence-corrected chi connectivity index (χ1v) is 22.7. The van der Waals surface area contributed by atoms with Crippen molar-refractivity contribution in [3.05, 3.63) is 178 Å². The van der Waals surface area contributed by atoms with Gasteiger partial charge in [0.05, 0.1) is 69.1 Å².